The summed E-state index contributed by atoms with van der Waals surface area (Å²) >= 11 is 3.24. The van der Waals surface area contributed by atoms with Crippen LogP contribution in [0.3, 0.4) is 0 Å². The lowest BCUT2D eigenvalue weighted by molar-refractivity contribution is -0.141. The number of hydrogen-bond acceptors (Lipinski definition) is 5. The number of halogens is 1. The largest absolute Gasteiger partial charge is 0.468 e. The summed E-state index contributed by atoms with van der Waals surface area (Å²) in [6.07, 6.45) is 5.30. The van der Waals surface area contributed by atoms with Gasteiger partial charge in [0, 0.05) is 6.54 Å². The molecule has 1 aliphatic rings. The summed E-state index contributed by atoms with van der Waals surface area (Å²) in [5.74, 6) is 0.182. The number of anilines is 1. The van der Waals surface area contributed by atoms with Gasteiger partial charge in [-0.1, -0.05) is 6.42 Å². The molecule has 0 radical (unpaired) electrons. The molecule has 7 heteroatoms. The molecule has 1 fully saturated rings. The van der Waals surface area contributed by atoms with Crippen molar-refractivity contribution in [2.24, 2.45) is 5.92 Å². The second-order valence-corrected chi connectivity index (χ2v) is 5.38. The molecule has 1 N–H and O–H groups in total. The van der Waals surface area contributed by atoms with Crippen LogP contribution in [-0.4, -0.2) is 29.4 Å². The monoisotopic (exact) mass is 329 g/mol. The fourth-order valence-electron chi connectivity index (χ4n) is 1.84. The molecule has 6 nitrogen and oxygen atoms in total. The Hall–Kier alpha value is -1.37. The van der Waals surface area contributed by atoms with Crippen LogP contribution in [0.15, 0.2) is 15.5 Å². The van der Waals surface area contributed by atoms with Crippen molar-refractivity contribution >= 4 is 27.6 Å². The molecule has 1 aromatic heterocycles. The average molecular weight is 330 g/mol. The number of nitrogens with one attached hydrogen (secondary N) is 1. The zero-order valence-electron chi connectivity index (χ0n) is 10.7. The number of methoxy groups -OCH3 is 1. The highest BCUT2D eigenvalue weighted by atomic mass is 79.9. The van der Waals surface area contributed by atoms with Crippen LogP contribution in [0.5, 0.6) is 0 Å². The van der Waals surface area contributed by atoms with Crippen LogP contribution >= 0.6 is 15.9 Å². The van der Waals surface area contributed by atoms with Crippen molar-refractivity contribution in [2.75, 3.05) is 19.0 Å². The number of carbonyl (C=O) groups excluding carboxylic acids is 1. The minimum Gasteiger partial charge on any atom is -0.468 e. The highest BCUT2D eigenvalue weighted by molar-refractivity contribution is 9.10. The van der Waals surface area contributed by atoms with Crippen molar-refractivity contribution in [1.29, 1.82) is 0 Å². The summed E-state index contributed by atoms with van der Waals surface area (Å²) in [6.45, 7) is 0.664. The number of nitrogens with zero attached hydrogens (tertiary/aromatic N) is 2. The van der Waals surface area contributed by atoms with Crippen molar-refractivity contribution < 1.29 is 9.53 Å². The quantitative estimate of drug-likeness (QED) is 0.826. The molecule has 104 valence electrons. The van der Waals surface area contributed by atoms with Gasteiger partial charge in [0.2, 0.25) is 0 Å². The maximum Gasteiger partial charge on any atom is 0.327 e. The first-order valence-electron chi connectivity index (χ1n) is 6.18. The molecule has 0 spiro atoms. The zero-order valence-corrected chi connectivity index (χ0v) is 12.3. The molecule has 0 aromatic carbocycles. The Morgan fingerprint density at radius 1 is 1.63 bits per heavy atom. The van der Waals surface area contributed by atoms with Crippen molar-refractivity contribution in [3.8, 4) is 0 Å². The highest BCUT2D eigenvalue weighted by Crippen LogP contribution is 2.27. The van der Waals surface area contributed by atoms with Gasteiger partial charge >= 0.3 is 5.97 Å². The normalized spacial score (nSPS) is 14.8. The van der Waals surface area contributed by atoms with E-state index in [1.54, 1.807) is 6.20 Å². The first-order valence-corrected chi connectivity index (χ1v) is 6.97. The van der Waals surface area contributed by atoms with E-state index in [0.29, 0.717) is 16.1 Å². The van der Waals surface area contributed by atoms with Crippen LogP contribution in [0.1, 0.15) is 19.3 Å². The third-order valence-corrected chi connectivity index (χ3v) is 4.06. The lowest BCUT2D eigenvalue weighted by Gasteiger charge is -2.26. The summed E-state index contributed by atoms with van der Waals surface area (Å²) in [7, 11) is 1.27. The van der Waals surface area contributed by atoms with Crippen LogP contribution in [0.4, 0.5) is 5.69 Å². The van der Waals surface area contributed by atoms with Gasteiger partial charge in [-0.15, -0.1) is 0 Å². The predicted octanol–water partition coefficient (Wildman–Crippen LogP) is 1.39. The first-order chi connectivity index (χ1) is 9.11. The summed E-state index contributed by atoms with van der Waals surface area (Å²) < 4.78 is 5.98. The van der Waals surface area contributed by atoms with Gasteiger partial charge in [0.1, 0.15) is 11.0 Å². The number of aromatic nitrogens is 2. The molecule has 1 aliphatic carbocycles. The van der Waals surface area contributed by atoms with Gasteiger partial charge in [-0.25, -0.2) is 4.68 Å². The Morgan fingerprint density at radius 3 is 2.95 bits per heavy atom. The Balaban J connectivity index is 2.07. The molecule has 1 heterocycles. The predicted molar refractivity (Wildman–Crippen MR) is 74.0 cm³/mol. The maximum atomic E-state index is 12.0. The second kappa shape index (κ2) is 6.18. The standard InChI is InChI=1S/C12H16BrN3O3/c1-19-10(17)7-16-12(18)11(13)9(6-15-16)14-5-8-3-2-4-8/h6,8,14H,2-5,7H2,1H3. The molecular weight excluding hydrogens is 314 g/mol. The van der Waals surface area contributed by atoms with Gasteiger partial charge < -0.3 is 10.1 Å². The van der Waals surface area contributed by atoms with E-state index in [9.17, 15) is 9.59 Å². The molecule has 0 bridgehead atoms. The lowest BCUT2D eigenvalue weighted by atomic mass is 9.85. The fraction of sp³-hybridized carbons (Fsp3) is 0.583. The van der Waals surface area contributed by atoms with Crippen molar-refractivity contribution in [1.82, 2.24) is 9.78 Å². The molecule has 1 saturated carbocycles. The van der Waals surface area contributed by atoms with E-state index >= 15 is 0 Å². The number of hydrogen-bond donors (Lipinski definition) is 1. The molecule has 0 unspecified atom stereocenters. The van der Waals surface area contributed by atoms with Gasteiger partial charge in [0.05, 0.1) is 19.0 Å². The third-order valence-electron chi connectivity index (χ3n) is 3.30. The minimum atomic E-state index is -0.503. The van der Waals surface area contributed by atoms with Crippen LogP contribution < -0.4 is 10.9 Å². The Bertz CT molecular complexity index is 525. The van der Waals surface area contributed by atoms with Gasteiger partial charge in [-0.05, 0) is 34.7 Å². The average Bonchev–Trinajstić information content (AvgIpc) is 2.35. The van der Waals surface area contributed by atoms with Gasteiger partial charge in [0.15, 0.2) is 0 Å². The van der Waals surface area contributed by atoms with Crippen LogP contribution in [-0.2, 0) is 16.1 Å². The molecule has 0 saturated heterocycles. The highest BCUT2D eigenvalue weighted by Gasteiger charge is 2.18. The lowest BCUT2D eigenvalue weighted by Crippen LogP contribution is -2.29. The van der Waals surface area contributed by atoms with Crippen molar-refractivity contribution in [3.05, 3.63) is 21.0 Å². The Labute approximate surface area is 119 Å². The van der Waals surface area contributed by atoms with Crippen molar-refractivity contribution in [2.45, 2.75) is 25.8 Å². The summed E-state index contributed by atoms with van der Waals surface area (Å²) in [5, 5.41) is 7.17. The minimum absolute atomic E-state index is 0.184. The Morgan fingerprint density at radius 2 is 2.37 bits per heavy atom. The van der Waals surface area contributed by atoms with Crippen LogP contribution in [0, 0.1) is 5.92 Å². The zero-order chi connectivity index (χ0) is 13.8. The van der Waals surface area contributed by atoms with Gasteiger partial charge in [-0.2, -0.15) is 5.10 Å². The topological polar surface area (TPSA) is 73.2 Å². The van der Waals surface area contributed by atoms with E-state index in [0.717, 1.165) is 11.2 Å². The van der Waals surface area contributed by atoms with E-state index < -0.39 is 5.97 Å². The number of ether oxygens (including phenoxy) is 1. The molecular formula is C12H16BrN3O3. The van der Waals surface area contributed by atoms with Crippen LogP contribution in [0.25, 0.3) is 0 Å². The van der Waals surface area contributed by atoms with E-state index in [2.05, 4.69) is 31.1 Å². The van der Waals surface area contributed by atoms with E-state index in [1.807, 2.05) is 0 Å². The first kappa shape index (κ1) is 14.0. The molecule has 0 atom stereocenters. The molecule has 0 aliphatic heterocycles. The fourth-order valence-corrected chi connectivity index (χ4v) is 2.29. The second-order valence-electron chi connectivity index (χ2n) is 4.59. The SMILES string of the molecule is COC(=O)Cn1ncc(NCC2CCC2)c(Br)c1=O. The molecule has 0 amide bonds. The van der Waals surface area contributed by atoms with Crippen molar-refractivity contribution in [3.63, 3.8) is 0 Å². The van der Waals surface area contributed by atoms with Gasteiger partial charge in [-0.3, -0.25) is 9.59 Å². The smallest absolute Gasteiger partial charge is 0.327 e. The summed E-state index contributed by atoms with van der Waals surface area (Å²) in [6, 6.07) is 0. The van der Waals surface area contributed by atoms with Crippen LogP contribution in [0.2, 0.25) is 0 Å². The van der Waals surface area contributed by atoms with E-state index in [-0.39, 0.29) is 12.1 Å². The van der Waals surface area contributed by atoms with Gasteiger partial charge in [0.25, 0.3) is 5.56 Å². The number of carbonyl (C=O) groups is 1. The number of esters is 1. The summed E-state index contributed by atoms with van der Waals surface area (Å²) in [4.78, 5) is 23.1. The maximum absolute atomic E-state index is 12.0. The summed E-state index contributed by atoms with van der Waals surface area (Å²) in [5.41, 5.74) is 0.321. The van der Waals surface area contributed by atoms with E-state index in [4.69, 9.17) is 0 Å². The van der Waals surface area contributed by atoms with E-state index in [1.165, 1.54) is 26.4 Å². The number of rotatable bonds is 5. The molecule has 2 rings (SSSR count). The third kappa shape index (κ3) is 3.34. The molecule has 19 heavy (non-hydrogen) atoms. The molecule has 1 aromatic rings. The Kier molecular flexibility index (Phi) is 4.57.